The molecule has 0 atom stereocenters. The Morgan fingerprint density at radius 1 is 0.719 bits per heavy atom. The summed E-state index contributed by atoms with van der Waals surface area (Å²) in [5.74, 6) is -2.19. The van der Waals surface area contributed by atoms with E-state index in [0.29, 0.717) is 13.7 Å². The van der Waals surface area contributed by atoms with E-state index in [2.05, 4.69) is 19.7 Å². The van der Waals surface area contributed by atoms with E-state index in [1.807, 2.05) is 0 Å². The SMILES string of the molecule is C=CC(=O)OCCn1c(=O)n(CCOC(=O)C(=C)C)c(=O)n(CCOC(=O)C(=C)C)c1=O. The molecule has 1 heterocycles. The van der Waals surface area contributed by atoms with Crippen LogP contribution in [0, 0.1) is 0 Å². The molecule has 174 valence electrons. The number of carbonyl (C=O) groups excluding carboxylic acids is 3. The molecule has 0 spiro atoms. The van der Waals surface area contributed by atoms with Crippen LogP contribution in [0.25, 0.3) is 0 Å². The van der Waals surface area contributed by atoms with Crippen molar-refractivity contribution in [2.45, 2.75) is 33.5 Å². The lowest BCUT2D eigenvalue weighted by Crippen LogP contribution is -2.55. The van der Waals surface area contributed by atoms with Crippen molar-refractivity contribution >= 4 is 17.9 Å². The summed E-state index contributed by atoms with van der Waals surface area (Å²) in [7, 11) is 0. The highest BCUT2D eigenvalue weighted by atomic mass is 16.5. The monoisotopic (exact) mass is 451 g/mol. The predicted octanol–water partition coefficient (Wildman–Crippen LogP) is -0.860. The lowest BCUT2D eigenvalue weighted by Gasteiger charge is -2.14. The van der Waals surface area contributed by atoms with Crippen molar-refractivity contribution in [1.29, 1.82) is 0 Å². The number of aromatic nitrogens is 3. The fourth-order valence-electron chi connectivity index (χ4n) is 2.26. The molecule has 0 amide bonds. The van der Waals surface area contributed by atoms with Gasteiger partial charge in [-0.15, -0.1) is 0 Å². The smallest absolute Gasteiger partial charge is 0.336 e. The molecule has 12 heteroatoms. The van der Waals surface area contributed by atoms with E-state index >= 15 is 0 Å². The summed E-state index contributed by atoms with van der Waals surface area (Å²) in [5.41, 5.74) is -2.71. The zero-order chi connectivity index (χ0) is 24.4. The third-order valence-electron chi connectivity index (χ3n) is 3.90. The third kappa shape index (κ3) is 7.07. The minimum atomic E-state index is -0.990. The van der Waals surface area contributed by atoms with Crippen LogP contribution in [0.3, 0.4) is 0 Å². The molecular weight excluding hydrogens is 426 g/mol. The van der Waals surface area contributed by atoms with Gasteiger partial charge in [-0.1, -0.05) is 19.7 Å². The van der Waals surface area contributed by atoms with Crippen LogP contribution < -0.4 is 17.1 Å². The first-order valence-electron chi connectivity index (χ1n) is 9.40. The Morgan fingerprint density at radius 3 is 1.31 bits per heavy atom. The summed E-state index contributed by atoms with van der Waals surface area (Å²) < 4.78 is 16.6. The third-order valence-corrected chi connectivity index (χ3v) is 3.90. The summed E-state index contributed by atoms with van der Waals surface area (Å²) in [6, 6.07) is 0. The van der Waals surface area contributed by atoms with Crippen molar-refractivity contribution in [3.63, 3.8) is 0 Å². The summed E-state index contributed by atoms with van der Waals surface area (Å²) in [6.07, 6.45) is 0.911. The van der Waals surface area contributed by atoms with Gasteiger partial charge in [-0.2, -0.15) is 0 Å². The highest BCUT2D eigenvalue weighted by Crippen LogP contribution is 1.93. The Bertz CT molecular complexity index is 1030. The quantitative estimate of drug-likeness (QED) is 0.225. The van der Waals surface area contributed by atoms with Crippen molar-refractivity contribution in [3.05, 3.63) is 68.4 Å². The second-order valence-electron chi connectivity index (χ2n) is 6.51. The van der Waals surface area contributed by atoms with Gasteiger partial charge < -0.3 is 14.2 Å². The Kier molecular flexibility index (Phi) is 9.80. The zero-order valence-corrected chi connectivity index (χ0v) is 18.0. The maximum absolute atomic E-state index is 12.7. The van der Waals surface area contributed by atoms with Crippen LogP contribution in [0.15, 0.2) is 51.3 Å². The molecule has 1 aromatic rings. The van der Waals surface area contributed by atoms with E-state index in [-0.39, 0.29) is 50.6 Å². The number of esters is 3. The van der Waals surface area contributed by atoms with Crippen LogP contribution in [0.4, 0.5) is 0 Å². The molecule has 12 nitrogen and oxygen atoms in total. The Hall–Kier alpha value is -3.96. The number of rotatable bonds is 12. The van der Waals surface area contributed by atoms with Crippen LogP contribution in [0.5, 0.6) is 0 Å². The first-order chi connectivity index (χ1) is 15.0. The molecule has 0 saturated heterocycles. The highest BCUT2D eigenvalue weighted by molar-refractivity contribution is 5.87. The van der Waals surface area contributed by atoms with Crippen LogP contribution in [-0.4, -0.2) is 51.4 Å². The molecule has 1 aromatic heterocycles. The first kappa shape index (κ1) is 26.1. The molecule has 0 aromatic carbocycles. The number of hydrogen-bond acceptors (Lipinski definition) is 9. The molecule has 0 aliphatic rings. The number of hydrogen-bond donors (Lipinski definition) is 0. The second kappa shape index (κ2) is 12.0. The molecule has 0 radical (unpaired) electrons. The molecule has 1 rings (SSSR count). The molecule has 0 aliphatic carbocycles. The van der Waals surface area contributed by atoms with E-state index in [0.717, 1.165) is 6.08 Å². The zero-order valence-electron chi connectivity index (χ0n) is 18.0. The van der Waals surface area contributed by atoms with Gasteiger partial charge >= 0.3 is 35.0 Å². The summed E-state index contributed by atoms with van der Waals surface area (Å²) in [5, 5.41) is 0. The Labute approximate surface area is 182 Å². The largest absolute Gasteiger partial charge is 0.461 e. The van der Waals surface area contributed by atoms with Gasteiger partial charge in [0.2, 0.25) is 0 Å². The standard InChI is InChI=1S/C20H25N3O9/c1-6-15(24)30-10-7-21-18(27)22(8-11-31-16(25)13(2)3)20(29)23(19(21)28)9-12-32-17(26)14(4)5/h6H,1-2,4,7-12H2,3,5H3. The predicted molar refractivity (Wildman–Crippen MR) is 112 cm³/mol. The molecule has 32 heavy (non-hydrogen) atoms. The second-order valence-corrected chi connectivity index (χ2v) is 6.51. The van der Waals surface area contributed by atoms with Gasteiger partial charge in [0.1, 0.15) is 19.8 Å². The minimum Gasteiger partial charge on any atom is -0.461 e. The molecule has 0 unspecified atom stereocenters. The van der Waals surface area contributed by atoms with Gasteiger partial charge in [-0.25, -0.2) is 42.5 Å². The van der Waals surface area contributed by atoms with Crippen molar-refractivity contribution in [2.24, 2.45) is 0 Å². The number of carbonyl (C=O) groups is 3. The lowest BCUT2D eigenvalue weighted by atomic mass is 10.4. The summed E-state index contributed by atoms with van der Waals surface area (Å²) in [4.78, 5) is 72.3. The first-order valence-corrected chi connectivity index (χ1v) is 9.40. The Morgan fingerprint density at radius 2 is 1.03 bits per heavy atom. The van der Waals surface area contributed by atoms with Gasteiger partial charge in [0.25, 0.3) is 0 Å². The number of ether oxygens (including phenoxy) is 3. The van der Waals surface area contributed by atoms with Crippen LogP contribution in [0.1, 0.15) is 13.8 Å². The van der Waals surface area contributed by atoms with Crippen molar-refractivity contribution in [1.82, 2.24) is 13.7 Å². The van der Waals surface area contributed by atoms with Gasteiger partial charge in [0, 0.05) is 17.2 Å². The fraction of sp³-hybridized carbons (Fsp3) is 0.400. The summed E-state index contributed by atoms with van der Waals surface area (Å²) in [6.45, 7) is 10.9. The van der Waals surface area contributed by atoms with Gasteiger partial charge in [0.05, 0.1) is 19.6 Å². The maximum Gasteiger partial charge on any atom is 0.336 e. The van der Waals surface area contributed by atoms with Crippen LogP contribution in [0.2, 0.25) is 0 Å². The molecule has 0 N–H and O–H groups in total. The summed E-state index contributed by atoms with van der Waals surface area (Å²) >= 11 is 0. The van der Waals surface area contributed by atoms with Gasteiger partial charge in [-0.05, 0) is 13.8 Å². The highest BCUT2D eigenvalue weighted by Gasteiger charge is 2.17. The molecule has 0 fully saturated rings. The van der Waals surface area contributed by atoms with E-state index in [4.69, 9.17) is 14.2 Å². The van der Waals surface area contributed by atoms with Crippen LogP contribution >= 0.6 is 0 Å². The molecular formula is C20H25N3O9. The normalized spacial score (nSPS) is 10.2. The minimum absolute atomic E-state index is 0.128. The van der Waals surface area contributed by atoms with Crippen molar-refractivity contribution < 1.29 is 28.6 Å². The van der Waals surface area contributed by atoms with Crippen LogP contribution in [-0.2, 0) is 48.2 Å². The van der Waals surface area contributed by atoms with Gasteiger partial charge in [0.15, 0.2) is 0 Å². The maximum atomic E-state index is 12.7. The average Bonchev–Trinajstić information content (AvgIpc) is 2.74. The average molecular weight is 451 g/mol. The Balaban J connectivity index is 3.24. The molecule has 0 bridgehead atoms. The van der Waals surface area contributed by atoms with Gasteiger partial charge in [-0.3, -0.25) is 0 Å². The van der Waals surface area contributed by atoms with E-state index < -0.39 is 35.0 Å². The van der Waals surface area contributed by atoms with Crippen molar-refractivity contribution in [3.8, 4) is 0 Å². The topological polar surface area (TPSA) is 145 Å². The number of nitrogens with zero attached hydrogens (tertiary/aromatic N) is 3. The van der Waals surface area contributed by atoms with E-state index in [9.17, 15) is 28.8 Å². The molecule has 0 aliphatic heterocycles. The van der Waals surface area contributed by atoms with E-state index in [1.54, 1.807) is 0 Å². The van der Waals surface area contributed by atoms with E-state index in [1.165, 1.54) is 13.8 Å². The lowest BCUT2D eigenvalue weighted by molar-refractivity contribution is -0.140. The van der Waals surface area contributed by atoms with Crippen molar-refractivity contribution in [2.75, 3.05) is 19.8 Å². The fourth-order valence-corrected chi connectivity index (χ4v) is 2.26. The molecule has 0 saturated carbocycles.